The Balaban J connectivity index is 2.60. The summed E-state index contributed by atoms with van der Waals surface area (Å²) in [5.41, 5.74) is 5.87. The lowest BCUT2D eigenvalue weighted by Crippen LogP contribution is -2.15. The molecule has 1 rings (SSSR count). The number of carbonyl (C=O) groups excluding carboxylic acids is 1. The Morgan fingerprint density at radius 3 is 2.40 bits per heavy atom. The average molecular weight is 215 g/mol. The van der Waals surface area contributed by atoms with Crippen molar-refractivity contribution in [1.29, 1.82) is 0 Å². The highest BCUT2D eigenvalue weighted by molar-refractivity contribution is 5.82. The number of ketones is 1. The summed E-state index contributed by atoms with van der Waals surface area (Å²) in [6, 6.07) is 5.91. The van der Waals surface area contributed by atoms with E-state index in [1.807, 2.05) is 0 Å². The van der Waals surface area contributed by atoms with Crippen molar-refractivity contribution in [1.82, 2.24) is 0 Å². The molecule has 0 saturated heterocycles. The van der Waals surface area contributed by atoms with E-state index in [1.54, 1.807) is 12.1 Å². The van der Waals surface area contributed by atoms with Crippen LogP contribution < -0.4 is 10.5 Å². The number of hydrogen-bond acceptors (Lipinski definition) is 3. The van der Waals surface area contributed by atoms with Gasteiger partial charge in [0.2, 0.25) is 0 Å². The van der Waals surface area contributed by atoms with Crippen LogP contribution in [0.2, 0.25) is 0 Å². The second-order valence-corrected chi connectivity index (χ2v) is 2.94. The van der Waals surface area contributed by atoms with Gasteiger partial charge in [0.05, 0.1) is 6.54 Å². The quantitative estimate of drug-likeness (QED) is 0.806. The number of Topliss-reactive ketones (excluding diaryl/α,β-unsaturated/α-hetero) is 1. The molecule has 82 valence electrons. The normalized spacial score (nSPS) is 10.4. The van der Waals surface area contributed by atoms with E-state index in [-0.39, 0.29) is 24.5 Å². The molecule has 0 amide bonds. The van der Waals surface area contributed by atoms with Gasteiger partial charge in [0.1, 0.15) is 5.75 Å². The molecule has 0 aliphatic heterocycles. The molecule has 0 radical (unpaired) electrons. The molecule has 2 N–H and O–H groups in total. The summed E-state index contributed by atoms with van der Waals surface area (Å²) in [5, 5.41) is 0. The third kappa shape index (κ3) is 4.03. The van der Waals surface area contributed by atoms with Crippen molar-refractivity contribution >= 4 is 5.78 Å². The van der Waals surface area contributed by atoms with Gasteiger partial charge < -0.3 is 10.5 Å². The summed E-state index contributed by atoms with van der Waals surface area (Å²) in [6.07, 6.45) is 0.214. The lowest BCUT2D eigenvalue weighted by atomic mass is 10.1. The molecule has 5 heteroatoms. The Morgan fingerprint density at radius 1 is 1.33 bits per heavy atom. The lowest BCUT2D eigenvalue weighted by Gasteiger charge is -2.04. The summed E-state index contributed by atoms with van der Waals surface area (Å²) in [5.74, 6) is -0.0218. The summed E-state index contributed by atoms with van der Waals surface area (Å²) < 4.78 is 27.7. The second kappa shape index (κ2) is 5.41. The van der Waals surface area contributed by atoms with Crippen LogP contribution in [0.1, 0.15) is 5.56 Å². The Morgan fingerprint density at radius 2 is 1.93 bits per heavy atom. The second-order valence-electron chi connectivity index (χ2n) is 2.94. The zero-order valence-electron chi connectivity index (χ0n) is 7.95. The van der Waals surface area contributed by atoms with Crippen LogP contribution in [0.15, 0.2) is 24.3 Å². The van der Waals surface area contributed by atoms with E-state index >= 15 is 0 Å². The van der Waals surface area contributed by atoms with Gasteiger partial charge in [0, 0.05) is 6.42 Å². The molecule has 0 aromatic heterocycles. The minimum atomic E-state index is -2.83. The lowest BCUT2D eigenvalue weighted by molar-refractivity contribution is -0.117. The Labute approximate surface area is 85.8 Å². The Bertz CT molecular complexity index is 325. The molecule has 1 aromatic carbocycles. The van der Waals surface area contributed by atoms with Crippen LogP contribution >= 0.6 is 0 Å². The van der Waals surface area contributed by atoms with Gasteiger partial charge in [-0.3, -0.25) is 4.79 Å². The molecular formula is C10H11F2NO2. The molecule has 0 aliphatic rings. The van der Waals surface area contributed by atoms with E-state index in [0.717, 1.165) is 5.56 Å². The molecule has 15 heavy (non-hydrogen) atoms. The van der Waals surface area contributed by atoms with Crippen molar-refractivity contribution in [3.05, 3.63) is 29.8 Å². The van der Waals surface area contributed by atoms with Crippen LogP contribution in [0.25, 0.3) is 0 Å². The molecule has 0 spiro atoms. The van der Waals surface area contributed by atoms with Crippen LogP contribution in [0.5, 0.6) is 5.75 Å². The highest BCUT2D eigenvalue weighted by Crippen LogP contribution is 2.15. The third-order valence-corrected chi connectivity index (χ3v) is 1.78. The summed E-state index contributed by atoms with van der Waals surface area (Å²) in [4.78, 5) is 11.0. The van der Waals surface area contributed by atoms with Gasteiger partial charge in [0.25, 0.3) is 0 Å². The predicted octanol–water partition coefficient (Wildman–Crippen LogP) is 1.36. The highest BCUT2D eigenvalue weighted by Gasteiger charge is 2.05. The van der Waals surface area contributed by atoms with Crippen LogP contribution in [0.4, 0.5) is 8.78 Å². The van der Waals surface area contributed by atoms with Crippen LogP contribution in [-0.2, 0) is 11.2 Å². The predicted molar refractivity (Wildman–Crippen MR) is 50.8 cm³/mol. The highest BCUT2D eigenvalue weighted by atomic mass is 19.3. The van der Waals surface area contributed by atoms with Crippen LogP contribution in [0, 0.1) is 0 Å². The van der Waals surface area contributed by atoms with E-state index in [2.05, 4.69) is 4.74 Å². The van der Waals surface area contributed by atoms with Crippen molar-refractivity contribution in [2.75, 3.05) is 6.54 Å². The van der Waals surface area contributed by atoms with Gasteiger partial charge in [-0.1, -0.05) is 12.1 Å². The molecule has 0 aliphatic carbocycles. The maximum atomic E-state index is 11.8. The minimum Gasteiger partial charge on any atom is -0.435 e. The van der Waals surface area contributed by atoms with E-state index < -0.39 is 6.61 Å². The molecule has 0 bridgehead atoms. The number of benzene rings is 1. The van der Waals surface area contributed by atoms with E-state index in [9.17, 15) is 13.6 Å². The maximum Gasteiger partial charge on any atom is 0.387 e. The molecule has 3 nitrogen and oxygen atoms in total. The number of halogens is 2. The van der Waals surface area contributed by atoms with Crippen molar-refractivity contribution in [2.45, 2.75) is 13.0 Å². The largest absolute Gasteiger partial charge is 0.435 e. The molecule has 0 saturated carbocycles. The van der Waals surface area contributed by atoms with Gasteiger partial charge >= 0.3 is 6.61 Å². The fraction of sp³-hybridized carbons (Fsp3) is 0.300. The van der Waals surface area contributed by atoms with Gasteiger partial charge in [-0.15, -0.1) is 0 Å². The number of rotatable bonds is 5. The smallest absolute Gasteiger partial charge is 0.387 e. The van der Waals surface area contributed by atoms with Crippen LogP contribution in [-0.4, -0.2) is 18.9 Å². The van der Waals surface area contributed by atoms with Gasteiger partial charge in [-0.05, 0) is 17.7 Å². The summed E-state index contributed by atoms with van der Waals surface area (Å²) in [6.45, 7) is -2.85. The Kier molecular flexibility index (Phi) is 4.17. The first kappa shape index (κ1) is 11.6. The number of ether oxygens (including phenoxy) is 1. The standard InChI is InChI=1S/C10H11F2NO2/c11-10(12)15-9-3-1-7(2-4-9)5-8(14)6-13/h1-4,10H,5-6,13H2. The zero-order chi connectivity index (χ0) is 11.3. The minimum absolute atomic E-state index is 0.0186. The average Bonchev–Trinajstić information content (AvgIpc) is 2.20. The number of carbonyl (C=O) groups is 1. The monoisotopic (exact) mass is 215 g/mol. The van der Waals surface area contributed by atoms with E-state index in [0.29, 0.717) is 0 Å². The zero-order valence-corrected chi connectivity index (χ0v) is 7.95. The van der Waals surface area contributed by atoms with E-state index in [1.165, 1.54) is 12.1 Å². The maximum absolute atomic E-state index is 11.8. The van der Waals surface area contributed by atoms with Gasteiger partial charge in [0.15, 0.2) is 5.78 Å². The molecule has 0 unspecified atom stereocenters. The molecule has 0 atom stereocenters. The molecule has 1 aromatic rings. The fourth-order valence-corrected chi connectivity index (χ4v) is 1.09. The first-order chi connectivity index (χ1) is 7.11. The number of alkyl halides is 2. The van der Waals surface area contributed by atoms with Crippen molar-refractivity contribution in [3.63, 3.8) is 0 Å². The van der Waals surface area contributed by atoms with Crippen LogP contribution in [0.3, 0.4) is 0 Å². The molecular weight excluding hydrogens is 204 g/mol. The summed E-state index contributed by atoms with van der Waals surface area (Å²) >= 11 is 0. The van der Waals surface area contributed by atoms with Crippen molar-refractivity contribution in [3.8, 4) is 5.75 Å². The van der Waals surface area contributed by atoms with Gasteiger partial charge in [-0.2, -0.15) is 8.78 Å². The first-order valence-corrected chi connectivity index (χ1v) is 4.37. The fourth-order valence-electron chi connectivity index (χ4n) is 1.09. The Hall–Kier alpha value is -1.49. The van der Waals surface area contributed by atoms with Crippen molar-refractivity contribution < 1.29 is 18.3 Å². The first-order valence-electron chi connectivity index (χ1n) is 4.37. The van der Waals surface area contributed by atoms with Crippen molar-refractivity contribution in [2.24, 2.45) is 5.73 Å². The summed E-state index contributed by atoms with van der Waals surface area (Å²) in [7, 11) is 0. The van der Waals surface area contributed by atoms with E-state index in [4.69, 9.17) is 5.73 Å². The molecule has 0 heterocycles. The number of hydrogen-bond donors (Lipinski definition) is 1. The third-order valence-electron chi connectivity index (χ3n) is 1.78. The topological polar surface area (TPSA) is 52.3 Å². The number of nitrogens with two attached hydrogens (primary N) is 1. The SMILES string of the molecule is NCC(=O)Cc1ccc(OC(F)F)cc1. The van der Waals surface area contributed by atoms with Gasteiger partial charge in [-0.25, -0.2) is 0 Å². The molecule has 0 fully saturated rings.